The van der Waals surface area contributed by atoms with E-state index in [9.17, 15) is 9.90 Å². The summed E-state index contributed by atoms with van der Waals surface area (Å²) in [4.78, 5) is 27.6. The van der Waals surface area contributed by atoms with Gasteiger partial charge >= 0.3 is 5.97 Å². The van der Waals surface area contributed by atoms with Gasteiger partial charge in [-0.1, -0.05) is 29.5 Å². The lowest BCUT2D eigenvalue weighted by Crippen LogP contribution is -2.22. The van der Waals surface area contributed by atoms with Crippen LogP contribution in [0.1, 0.15) is 6.42 Å². The Bertz CT molecular complexity index is 1210. The molecule has 1 fully saturated rings. The first kappa shape index (κ1) is 20.1. The van der Waals surface area contributed by atoms with Crippen molar-refractivity contribution in [3.8, 4) is 33.2 Å². The first-order valence-electron chi connectivity index (χ1n) is 10.2. The fourth-order valence-corrected chi connectivity index (χ4v) is 4.79. The van der Waals surface area contributed by atoms with Crippen molar-refractivity contribution in [2.45, 2.75) is 6.42 Å². The molecular weight excluding hydrogens is 424 g/mol. The third kappa shape index (κ3) is 4.17. The van der Waals surface area contributed by atoms with Crippen LogP contribution in [0.2, 0.25) is 0 Å². The average Bonchev–Trinajstić information content (AvgIpc) is 3.49. The summed E-state index contributed by atoms with van der Waals surface area (Å²) in [5.41, 5.74) is 2.65. The van der Waals surface area contributed by atoms with Crippen LogP contribution in [0, 0.1) is 5.92 Å². The number of thiazole rings is 1. The van der Waals surface area contributed by atoms with Crippen LogP contribution in [0.5, 0.6) is 11.5 Å². The molecule has 160 valence electrons. The topological polar surface area (TPSA) is 88.4 Å². The van der Waals surface area contributed by atoms with E-state index in [1.54, 1.807) is 12.4 Å². The van der Waals surface area contributed by atoms with Crippen molar-refractivity contribution in [2.75, 3.05) is 18.0 Å². The number of para-hydroxylation sites is 1. The number of hydrogen-bond donors (Lipinski definition) is 1. The minimum Gasteiger partial charge on any atom is -0.481 e. The highest BCUT2D eigenvalue weighted by Gasteiger charge is 2.30. The number of ether oxygens (including phenoxy) is 1. The molecule has 8 heteroatoms. The van der Waals surface area contributed by atoms with Crippen LogP contribution in [0.15, 0.2) is 73.3 Å². The van der Waals surface area contributed by atoms with Gasteiger partial charge in [0.2, 0.25) is 0 Å². The van der Waals surface area contributed by atoms with Gasteiger partial charge in [0, 0.05) is 36.6 Å². The third-order valence-electron chi connectivity index (χ3n) is 5.35. The van der Waals surface area contributed by atoms with Gasteiger partial charge in [0.15, 0.2) is 5.13 Å². The standard InChI is InChI=1S/C24H20N4O3S/c29-23(30)17-10-11-28(14-17)24-27-21(22(32-24)18-12-25-15-26-13-18)16-6-8-20(9-7-16)31-19-4-2-1-3-5-19/h1-9,12-13,15,17H,10-11,14H2,(H,29,30). The molecule has 1 aliphatic rings. The lowest BCUT2D eigenvalue weighted by molar-refractivity contribution is -0.140. The molecule has 1 atom stereocenters. The molecule has 0 radical (unpaired) electrons. The summed E-state index contributed by atoms with van der Waals surface area (Å²) in [6.45, 7) is 1.15. The SMILES string of the molecule is O=C(O)C1CCN(c2nc(-c3ccc(Oc4ccccc4)cc3)c(-c3cncnc3)s2)C1. The number of anilines is 1. The Morgan fingerprint density at radius 2 is 1.72 bits per heavy atom. The highest BCUT2D eigenvalue weighted by Crippen LogP contribution is 2.41. The predicted molar refractivity (Wildman–Crippen MR) is 123 cm³/mol. The lowest BCUT2D eigenvalue weighted by Gasteiger charge is -2.13. The van der Waals surface area contributed by atoms with Crippen molar-refractivity contribution >= 4 is 22.4 Å². The maximum atomic E-state index is 11.4. The normalized spacial score (nSPS) is 15.6. The monoisotopic (exact) mass is 444 g/mol. The maximum Gasteiger partial charge on any atom is 0.308 e. The number of aliphatic carboxylic acids is 1. The molecule has 1 N–H and O–H groups in total. The molecule has 0 amide bonds. The molecule has 3 heterocycles. The first-order valence-corrected chi connectivity index (χ1v) is 11.1. The zero-order valence-corrected chi connectivity index (χ0v) is 17.9. The van der Waals surface area contributed by atoms with E-state index in [-0.39, 0.29) is 5.92 Å². The van der Waals surface area contributed by atoms with Gasteiger partial charge in [0.1, 0.15) is 17.8 Å². The number of hydrogen-bond acceptors (Lipinski definition) is 7. The Balaban J connectivity index is 1.47. The van der Waals surface area contributed by atoms with Gasteiger partial charge in [-0.05, 0) is 42.8 Å². The van der Waals surface area contributed by atoms with Crippen LogP contribution in [-0.4, -0.2) is 39.1 Å². The van der Waals surface area contributed by atoms with Crippen LogP contribution in [0.4, 0.5) is 5.13 Å². The number of carboxylic acids is 1. The summed E-state index contributed by atoms with van der Waals surface area (Å²) in [6.07, 6.45) is 5.66. The van der Waals surface area contributed by atoms with E-state index in [0.717, 1.165) is 38.3 Å². The Labute approximate surface area is 189 Å². The molecular formula is C24H20N4O3S. The van der Waals surface area contributed by atoms with Gasteiger partial charge in [-0.2, -0.15) is 0 Å². The van der Waals surface area contributed by atoms with E-state index in [4.69, 9.17) is 9.72 Å². The van der Waals surface area contributed by atoms with E-state index < -0.39 is 5.97 Å². The van der Waals surface area contributed by atoms with Gasteiger partial charge in [0.25, 0.3) is 0 Å². The molecule has 5 rings (SSSR count). The maximum absolute atomic E-state index is 11.4. The van der Waals surface area contributed by atoms with Gasteiger partial charge in [-0.3, -0.25) is 4.79 Å². The summed E-state index contributed by atoms with van der Waals surface area (Å²) in [6, 6.07) is 17.4. The van der Waals surface area contributed by atoms with Crippen molar-refractivity contribution < 1.29 is 14.6 Å². The Morgan fingerprint density at radius 3 is 2.41 bits per heavy atom. The van der Waals surface area contributed by atoms with E-state index in [1.165, 1.54) is 17.7 Å². The molecule has 1 unspecified atom stereocenters. The smallest absolute Gasteiger partial charge is 0.308 e. The second-order valence-corrected chi connectivity index (χ2v) is 8.49. The molecule has 7 nitrogen and oxygen atoms in total. The molecule has 2 aromatic heterocycles. The predicted octanol–water partition coefficient (Wildman–Crippen LogP) is 4.97. The molecule has 0 saturated carbocycles. The fraction of sp³-hybridized carbons (Fsp3) is 0.167. The van der Waals surface area contributed by atoms with Crippen LogP contribution >= 0.6 is 11.3 Å². The molecule has 4 aromatic rings. The third-order valence-corrected chi connectivity index (χ3v) is 6.52. The van der Waals surface area contributed by atoms with Crippen LogP contribution < -0.4 is 9.64 Å². The molecule has 2 aromatic carbocycles. The molecule has 0 spiro atoms. The van der Waals surface area contributed by atoms with Crippen molar-refractivity contribution in [3.63, 3.8) is 0 Å². The first-order chi connectivity index (χ1) is 15.7. The molecule has 0 aliphatic carbocycles. The van der Waals surface area contributed by atoms with Crippen molar-refractivity contribution in [3.05, 3.63) is 73.3 Å². The van der Waals surface area contributed by atoms with Crippen molar-refractivity contribution in [1.82, 2.24) is 15.0 Å². The largest absolute Gasteiger partial charge is 0.481 e. The van der Waals surface area contributed by atoms with Crippen LogP contribution in [0.25, 0.3) is 21.7 Å². The summed E-state index contributed by atoms with van der Waals surface area (Å²) < 4.78 is 5.90. The minimum absolute atomic E-state index is 0.361. The molecule has 1 saturated heterocycles. The summed E-state index contributed by atoms with van der Waals surface area (Å²) in [5, 5.41) is 10.2. The highest BCUT2D eigenvalue weighted by atomic mass is 32.1. The Morgan fingerprint density at radius 1 is 1.00 bits per heavy atom. The van der Waals surface area contributed by atoms with Crippen LogP contribution in [0.3, 0.4) is 0 Å². The van der Waals surface area contributed by atoms with Gasteiger partial charge in [-0.15, -0.1) is 0 Å². The number of carboxylic acid groups (broad SMARTS) is 1. The second kappa shape index (κ2) is 8.76. The average molecular weight is 445 g/mol. The zero-order chi connectivity index (χ0) is 21.9. The van der Waals surface area contributed by atoms with E-state index in [0.29, 0.717) is 19.5 Å². The number of rotatable bonds is 6. The Kier molecular flexibility index (Phi) is 5.51. The molecule has 32 heavy (non-hydrogen) atoms. The molecule has 1 aliphatic heterocycles. The number of benzene rings is 2. The van der Waals surface area contributed by atoms with Gasteiger partial charge < -0.3 is 14.7 Å². The number of carbonyl (C=O) groups is 1. The summed E-state index contributed by atoms with van der Waals surface area (Å²) in [5.74, 6) is 0.402. The number of aromatic nitrogens is 3. The minimum atomic E-state index is -0.755. The van der Waals surface area contributed by atoms with Crippen molar-refractivity contribution in [1.29, 1.82) is 0 Å². The van der Waals surface area contributed by atoms with Crippen LogP contribution in [-0.2, 0) is 4.79 Å². The quantitative estimate of drug-likeness (QED) is 0.449. The van der Waals surface area contributed by atoms with E-state index >= 15 is 0 Å². The lowest BCUT2D eigenvalue weighted by atomic mass is 10.1. The molecule has 0 bridgehead atoms. The van der Waals surface area contributed by atoms with Gasteiger partial charge in [0.05, 0.1) is 16.5 Å². The Hall–Kier alpha value is -3.78. The summed E-state index contributed by atoms with van der Waals surface area (Å²) in [7, 11) is 0. The van der Waals surface area contributed by atoms with E-state index in [1.807, 2.05) is 59.5 Å². The second-order valence-electron chi connectivity index (χ2n) is 7.51. The fourth-order valence-electron chi connectivity index (χ4n) is 3.69. The summed E-state index contributed by atoms with van der Waals surface area (Å²) >= 11 is 1.54. The van der Waals surface area contributed by atoms with Crippen molar-refractivity contribution in [2.24, 2.45) is 5.92 Å². The zero-order valence-electron chi connectivity index (χ0n) is 17.1. The van der Waals surface area contributed by atoms with Gasteiger partial charge in [-0.25, -0.2) is 15.0 Å². The van der Waals surface area contributed by atoms with E-state index in [2.05, 4.69) is 9.97 Å². The highest BCUT2D eigenvalue weighted by molar-refractivity contribution is 7.19. The number of nitrogens with zero attached hydrogens (tertiary/aromatic N) is 4.